The fraction of sp³-hybridized carbons (Fsp3) is 0.0556. The number of carbonyl (C=O) groups excluding carboxylic acids is 1. The molecule has 0 aliphatic carbocycles. The third kappa shape index (κ3) is 5.29. The Morgan fingerprint density at radius 3 is 2.40 bits per heavy atom. The van der Waals surface area contributed by atoms with E-state index in [-0.39, 0.29) is 12.5 Å². The monoisotopic (exact) mass is 399 g/mol. The zero-order valence-corrected chi connectivity index (χ0v) is 14.6. The van der Waals surface area contributed by atoms with Crippen molar-refractivity contribution in [2.75, 3.05) is 11.9 Å². The summed E-state index contributed by atoms with van der Waals surface area (Å²) in [5, 5.41) is 2.76. The molecule has 1 amide bonds. The molecule has 0 unspecified atom stereocenters. The van der Waals surface area contributed by atoms with Crippen molar-refractivity contribution >= 4 is 27.5 Å². The van der Waals surface area contributed by atoms with Crippen molar-refractivity contribution in [3.8, 4) is 17.4 Å². The van der Waals surface area contributed by atoms with Gasteiger partial charge in [-0.25, -0.2) is 4.98 Å². The fourth-order valence-corrected chi connectivity index (χ4v) is 2.21. The highest BCUT2D eigenvalue weighted by Gasteiger charge is 2.05. The van der Waals surface area contributed by atoms with E-state index in [0.29, 0.717) is 23.1 Å². The van der Waals surface area contributed by atoms with Crippen LogP contribution in [-0.4, -0.2) is 22.5 Å². The van der Waals surface area contributed by atoms with E-state index < -0.39 is 0 Å². The summed E-state index contributed by atoms with van der Waals surface area (Å²) in [4.78, 5) is 19.9. The molecule has 1 N–H and O–H groups in total. The van der Waals surface area contributed by atoms with Gasteiger partial charge in [0.1, 0.15) is 11.5 Å². The number of halogens is 1. The average molecular weight is 400 g/mol. The minimum absolute atomic E-state index is 0.0700. The van der Waals surface area contributed by atoms with Gasteiger partial charge >= 0.3 is 0 Å². The summed E-state index contributed by atoms with van der Waals surface area (Å²) in [5.74, 6) is 1.39. The van der Waals surface area contributed by atoms with Crippen molar-refractivity contribution in [2.24, 2.45) is 0 Å². The molecular weight excluding hydrogens is 386 g/mol. The molecular formula is C18H14BrN3O3. The van der Waals surface area contributed by atoms with Crippen LogP contribution in [0.5, 0.6) is 17.4 Å². The molecule has 126 valence electrons. The highest BCUT2D eigenvalue weighted by molar-refractivity contribution is 9.10. The van der Waals surface area contributed by atoms with Gasteiger partial charge in [-0.05, 0) is 48.5 Å². The van der Waals surface area contributed by atoms with Crippen LogP contribution in [0.4, 0.5) is 5.69 Å². The van der Waals surface area contributed by atoms with Crippen LogP contribution in [0.3, 0.4) is 0 Å². The van der Waals surface area contributed by atoms with Crippen LogP contribution in [0.15, 0.2) is 71.6 Å². The predicted octanol–water partition coefficient (Wildman–Crippen LogP) is 4.05. The van der Waals surface area contributed by atoms with Crippen LogP contribution in [0, 0.1) is 0 Å². The number of nitrogens with one attached hydrogen (secondary N) is 1. The maximum Gasteiger partial charge on any atom is 0.262 e. The van der Waals surface area contributed by atoms with E-state index in [1.165, 1.54) is 6.20 Å². The number of anilines is 1. The van der Waals surface area contributed by atoms with E-state index in [0.717, 1.165) is 4.47 Å². The zero-order chi connectivity index (χ0) is 17.5. The van der Waals surface area contributed by atoms with Gasteiger partial charge in [-0.3, -0.25) is 9.78 Å². The van der Waals surface area contributed by atoms with Gasteiger partial charge in [-0.2, -0.15) is 0 Å². The average Bonchev–Trinajstić information content (AvgIpc) is 2.64. The summed E-state index contributed by atoms with van der Waals surface area (Å²) in [6.45, 7) is -0.0700. The van der Waals surface area contributed by atoms with Crippen LogP contribution >= 0.6 is 15.9 Å². The molecule has 3 rings (SSSR count). The molecule has 0 spiro atoms. The molecule has 0 saturated heterocycles. The molecule has 1 heterocycles. The number of aromatic nitrogens is 2. The third-order valence-corrected chi connectivity index (χ3v) is 3.61. The summed E-state index contributed by atoms with van der Waals surface area (Å²) in [6.07, 6.45) is 4.65. The molecule has 25 heavy (non-hydrogen) atoms. The quantitative estimate of drug-likeness (QED) is 0.676. The number of nitrogens with zero attached hydrogens (tertiary/aromatic N) is 2. The molecule has 0 atom stereocenters. The lowest BCUT2D eigenvalue weighted by Gasteiger charge is -2.08. The Morgan fingerprint density at radius 1 is 1.00 bits per heavy atom. The lowest BCUT2D eigenvalue weighted by Crippen LogP contribution is -2.20. The molecule has 6 nitrogen and oxygen atoms in total. The first-order valence-corrected chi connectivity index (χ1v) is 8.20. The first kappa shape index (κ1) is 16.9. The van der Waals surface area contributed by atoms with Crippen molar-refractivity contribution in [1.29, 1.82) is 0 Å². The molecule has 0 radical (unpaired) electrons. The number of amides is 1. The second kappa shape index (κ2) is 8.25. The molecule has 0 saturated carbocycles. The van der Waals surface area contributed by atoms with Crippen molar-refractivity contribution in [2.45, 2.75) is 0 Å². The largest absolute Gasteiger partial charge is 0.484 e. The highest BCUT2D eigenvalue weighted by Crippen LogP contribution is 2.21. The van der Waals surface area contributed by atoms with Crippen LogP contribution < -0.4 is 14.8 Å². The topological polar surface area (TPSA) is 73.3 Å². The SMILES string of the molecule is O=C(COc1ccc(Br)cc1)Nc1ccc(Oc2cnccn2)cc1. The highest BCUT2D eigenvalue weighted by atomic mass is 79.9. The molecule has 0 bridgehead atoms. The maximum absolute atomic E-state index is 11.9. The minimum atomic E-state index is -0.245. The van der Waals surface area contributed by atoms with Crippen molar-refractivity contribution in [3.05, 3.63) is 71.6 Å². The molecule has 0 aliphatic heterocycles. The number of hydrogen-bond acceptors (Lipinski definition) is 5. The summed E-state index contributed by atoms with van der Waals surface area (Å²) >= 11 is 3.34. The van der Waals surface area contributed by atoms with E-state index in [4.69, 9.17) is 9.47 Å². The molecule has 0 aliphatic rings. The Balaban J connectivity index is 1.50. The van der Waals surface area contributed by atoms with Crippen LogP contribution in [-0.2, 0) is 4.79 Å². The van der Waals surface area contributed by atoms with Gasteiger partial charge in [0, 0.05) is 22.6 Å². The van der Waals surface area contributed by atoms with Gasteiger partial charge < -0.3 is 14.8 Å². The normalized spacial score (nSPS) is 10.1. The Kier molecular flexibility index (Phi) is 5.58. The van der Waals surface area contributed by atoms with Crippen LogP contribution in [0.25, 0.3) is 0 Å². The van der Waals surface area contributed by atoms with Gasteiger partial charge in [-0.15, -0.1) is 0 Å². The fourth-order valence-electron chi connectivity index (χ4n) is 1.94. The van der Waals surface area contributed by atoms with Gasteiger partial charge in [0.2, 0.25) is 5.88 Å². The number of benzene rings is 2. The van der Waals surface area contributed by atoms with E-state index in [1.807, 2.05) is 12.1 Å². The molecule has 1 aromatic heterocycles. The first-order chi connectivity index (χ1) is 12.2. The number of hydrogen-bond donors (Lipinski definition) is 1. The van der Waals surface area contributed by atoms with Crippen LogP contribution in [0.2, 0.25) is 0 Å². The molecule has 0 fully saturated rings. The van der Waals surface area contributed by atoms with Crippen molar-refractivity contribution in [3.63, 3.8) is 0 Å². The van der Waals surface area contributed by atoms with E-state index in [2.05, 4.69) is 31.2 Å². The van der Waals surface area contributed by atoms with Crippen molar-refractivity contribution in [1.82, 2.24) is 9.97 Å². The van der Waals surface area contributed by atoms with E-state index >= 15 is 0 Å². The Labute approximate surface area is 153 Å². The van der Waals surface area contributed by atoms with Gasteiger partial charge in [0.25, 0.3) is 5.91 Å². The first-order valence-electron chi connectivity index (χ1n) is 7.41. The van der Waals surface area contributed by atoms with E-state index in [1.54, 1.807) is 48.8 Å². The standard InChI is InChI=1S/C18H14BrN3O3/c19-13-1-5-15(6-2-13)24-12-17(23)22-14-3-7-16(8-4-14)25-18-11-20-9-10-21-18/h1-11H,12H2,(H,22,23). The third-order valence-electron chi connectivity index (χ3n) is 3.08. The number of carbonyl (C=O) groups is 1. The Hall–Kier alpha value is -2.93. The molecule has 3 aromatic rings. The zero-order valence-electron chi connectivity index (χ0n) is 13.1. The smallest absolute Gasteiger partial charge is 0.262 e. The van der Waals surface area contributed by atoms with Gasteiger partial charge in [0.05, 0.1) is 6.20 Å². The molecule has 2 aromatic carbocycles. The van der Waals surface area contributed by atoms with Crippen molar-refractivity contribution < 1.29 is 14.3 Å². The van der Waals surface area contributed by atoms with E-state index in [9.17, 15) is 4.79 Å². The number of rotatable bonds is 6. The Bertz CT molecular complexity index is 824. The second-order valence-electron chi connectivity index (χ2n) is 4.96. The Morgan fingerprint density at radius 2 is 1.72 bits per heavy atom. The van der Waals surface area contributed by atoms with Gasteiger partial charge in [-0.1, -0.05) is 15.9 Å². The molecule has 7 heteroatoms. The lowest BCUT2D eigenvalue weighted by molar-refractivity contribution is -0.118. The lowest BCUT2D eigenvalue weighted by atomic mass is 10.3. The predicted molar refractivity (Wildman–Crippen MR) is 96.8 cm³/mol. The summed E-state index contributed by atoms with van der Waals surface area (Å²) in [7, 11) is 0. The van der Waals surface area contributed by atoms with Gasteiger partial charge in [0.15, 0.2) is 6.61 Å². The summed E-state index contributed by atoms with van der Waals surface area (Å²) < 4.78 is 11.9. The second-order valence-corrected chi connectivity index (χ2v) is 5.88. The van der Waals surface area contributed by atoms with Crippen LogP contribution in [0.1, 0.15) is 0 Å². The number of ether oxygens (including phenoxy) is 2. The maximum atomic E-state index is 11.9. The summed E-state index contributed by atoms with van der Waals surface area (Å²) in [6, 6.07) is 14.2. The minimum Gasteiger partial charge on any atom is -0.484 e. The summed E-state index contributed by atoms with van der Waals surface area (Å²) in [5.41, 5.74) is 0.649.